The minimum Gasteiger partial charge on any atom is -0.459 e. The average Bonchev–Trinajstić information content (AvgIpc) is 2.90. The van der Waals surface area contributed by atoms with Gasteiger partial charge in [-0.15, -0.1) is 0 Å². The Morgan fingerprint density at radius 3 is 2.28 bits per heavy atom. The summed E-state index contributed by atoms with van der Waals surface area (Å²) >= 11 is 0. The fourth-order valence-electron chi connectivity index (χ4n) is 1.15. The number of epoxide rings is 1. The van der Waals surface area contributed by atoms with Crippen LogP contribution in [0.1, 0.15) is 13.3 Å². The van der Waals surface area contributed by atoms with Gasteiger partial charge in [0, 0.05) is 12.0 Å². The van der Waals surface area contributed by atoms with Crippen molar-refractivity contribution in [1.29, 1.82) is 0 Å². The molecular formula is C10H11F5O3. The van der Waals surface area contributed by atoms with Crippen molar-refractivity contribution in [2.24, 2.45) is 0 Å². The number of halogens is 5. The number of carbonyl (C=O) groups excluding carboxylic acids is 1. The van der Waals surface area contributed by atoms with Crippen LogP contribution in [-0.2, 0) is 14.3 Å². The first-order chi connectivity index (χ1) is 8.04. The molecule has 0 aromatic heterocycles. The molecule has 1 saturated heterocycles. The lowest BCUT2D eigenvalue weighted by Crippen LogP contribution is -2.38. The van der Waals surface area contributed by atoms with Gasteiger partial charge < -0.3 is 9.47 Å². The SMILES string of the molecule is C=C(C)C(=O)OCC1OC1CC(F)(F)C(F)(F)F. The van der Waals surface area contributed by atoms with E-state index in [0.717, 1.165) is 0 Å². The minimum absolute atomic E-state index is 0.104. The number of ether oxygens (including phenoxy) is 2. The van der Waals surface area contributed by atoms with E-state index in [0.29, 0.717) is 0 Å². The van der Waals surface area contributed by atoms with E-state index in [-0.39, 0.29) is 12.2 Å². The van der Waals surface area contributed by atoms with Crippen LogP contribution >= 0.6 is 0 Å². The van der Waals surface area contributed by atoms with E-state index in [4.69, 9.17) is 0 Å². The van der Waals surface area contributed by atoms with Crippen LogP contribution in [0, 0.1) is 0 Å². The third-order valence-electron chi connectivity index (χ3n) is 2.29. The van der Waals surface area contributed by atoms with E-state index in [1.807, 2.05) is 0 Å². The Morgan fingerprint density at radius 1 is 1.28 bits per heavy atom. The topological polar surface area (TPSA) is 38.8 Å². The summed E-state index contributed by atoms with van der Waals surface area (Å²) in [4.78, 5) is 10.9. The Bertz CT molecular complexity index is 350. The monoisotopic (exact) mass is 274 g/mol. The molecule has 3 nitrogen and oxygen atoms in total. The zero-order valence-electron chi connectivity index (χ0n) is 9.39. The van der Waals surface area contributed by atoms with Crippen LogP contribution in [0.2, 0.25) is 0 Å². The Hall–Kier alpha value is -1.18. The number of hydrogen-bond acceptors (Lipinski definition) is 3. The first kappa shape index (κ1) is 14.9. The van der Waals surface area contributed by atoms with Gasteiger partial charge in [-0.25, -0.2) is 4.79 Å². The molecule has 0 amide bonds. The molecule has 0 bridgehead atoms. The lowest BCUT2D eigenvalue weighted by molar-refractivity contribution is -0.285. The molecule has 0 saturated carbocycles. The third kappa shape index (κ3) is 3.66. The fourth-order valence-corrected chi connectivity index (χ4v) is 1.15. The summed E-state index contributed by atoms with van der Waals surface area (Å²) in [5.74, 6) is -5.54. The van der Waals surface area contributed by atoms with Gasteiger partial charge in [-0.1, -0.05) is 6.58 Å². The molecule has 2 unspecified atom stereocenters. The van der Waals surface area contributed by atoms with Crippen LogP contribution in [0.5, 0.6) is 0 Å². The zero-order valence-corrected chi connectivity index (χ0v) is 9.39. The van der Waals surface area contributed by atoms with Gasteiger partial charge in [0.05, 0.1) is 6.10 Å². The summed E-state index contributed by atoms with van der Waals surface area (Å²) < 4.78 is 69.9. The lowest BCUT2D eigenvalue weighted by Gasteiger charge is -2.18. The second-order valence-corrected chi connectivity index (χ2v) is 4.00. The highest BCUT2D eigenvalue weighted by atomic mass is 19.4. The van der Waals surface area contributed by atoms with E-state index >= 15 is 0 Å². The second kappa shape index (κ2) is 4.83. The van der Waals surface area contributed by atoms with Crippen LogP contribution < -0.4 is 0 Å². The molecule has 0 aliphatic carbocycles. The molecular weight excluding hydrogens is 263 g/mol. The molecule has 1 fully saturated rings. The number of rotatable bonds is 5. The lowest BCUT2D eigenvalue weighted by atomic mass is 10.1. The van der Waals surface area contributed by atoms with Crippen molar-refractivity contribution in [3.8, 4) is 0 Å². The first-order valence-electron chi connectivity index (χ1n) is 4.97. The van der Waals surface area contributed by atoms with Gasteiger partial charge in [0.1, 0.15) is 12.7 Å². The number of carbonyl (C=O) groups is 1. The molecule has 0 radical (unpaired) electrons. The van der Waals surface area contributed by atoms with Crippen LogP contribution in [-0.4, -0.2) is 36.9 Å². The zero-order chi connectivity index (χ0) is 14.1. The molecule has 104 valence electrons. The Kier molecular flexibility index (Phi) is 3.99. The minimum atomic E-state index is -5.60. The normalized spacial score (nSPS) is 23.7. The van der Waals surface area contributed by atoms with Crippen molar-refractivity contribution in [2.45, 2.75) is 37.7 Å². The average molecular weight is 274 g/mol. The van der Waals surface area contributed by atoms with Crippen molar-refractivity contribution in [3.05, 3.63) is 12.2 Å². The summed E-state index contributed by atoms with van der Waals surface area (Å²) in [7, 11) is 0. The fraction of sp³-hybridized carbons (Fsp3) is 0.700. The molecule has 1 rings (SSSR count). The number of alkyl halides is 5. The highest BCUT2D eigenvalue weighted by Crippen LogP contribution is 2.43. The third-order valence-corrected chi connectivity index (χ3v) is 2.29. The van der Waals surface area contributed by atoms with Crippen molar-refractivity contribution < 1.29 is 36.2 Å². The highest BCUT2D eigenvalue weighted by molar-refractivity contribution is 5.86. The molecule has 2 atom stereocenters. The number of esters is 1. The maximum atomic E-state index is 12.6. The molecule has 0 spiro atoms. The first-order valence-corrected chi connectivity index (χ1v) is 4.97. The highest BCUT2D eigenvalue weighted by Gasteiger charge is 2.61. The van der Waals surface area contributed by atoms with E-state index in [1.165, 1.54) is 6.92 Å². The van der Waals surface area contributed by atoms with Crippen molar-refractivity contribution in [1.82, 2.24) is 0 Å². The van der Waals surface area contributed by atoms with Crippen LogP contribution in [0.25, 0.3) is 0 Å². The summed E-state index contributed by atoms with van der Waals surface area (Å²) in [6.45, 7) is 4.30. The smallest absolute Gasteiger partial charge is 0.453 e. The Balaban J connectivity index is 2.34. The molecule has 0 N–H and O–H groups in total. The van der Waals surface area contributed by atoms with Gasteiger partial charge >= 0.3 is 18.1 Å². The van der Waals surface area contributed by atoms with E-state index in [9.17, 15) is 26.7 Å². The maximum absolute atomic E-state index is 12.6. The van der Waals surface area contributed by atoms with Gasteiger partial charge in [-0.2, -0.15) is 22.0 Å². The van der Waals surface area contributed by atoms with Crippen LogP contribution in [0.15, 0.2) is 12.2 Å². The van der Waals surface area contributed by atoms with Gasteiger partial charge in [0.15, 0.2) is 0 Å². The van der Waals surface area contributed by atoms with Gasteiger partial charge in [0.2, 0.25) is 0 Å². The number of hydrogen-bond donors (Lipinski definition) is 0. The second-order valence-electron chi connectivity index (χ2n) is 4.00. The molecule has 0 aromatic carbocycles. The largest absolute Gasteiger partial charge is 0.459 e. The van der Waals surface area contributed by atoms with Crippen LogP contribution in [0.3, 0.4) is 0 Å². The van der Waals surface area contributed by atoms with Gasteiger partial charge in [-0.3, -0.25) is 0 Å². The van der Waals surface area contributed by atoms with Crippen molar-refractivity contribution in [3.63, 3.8) is 0 Å². The van der Waals surface area contributed by atoms with Crippen LogP contribution in [0.4, 0.5) is 22.0 Å². The summed E-state index contributed by atoms with van der Waals surface area (Å²) in [6.07, 6.45) is -9.23. The molecule has 1 heterocycles. The summed E-state index contributed by atoms with van der Waals surface area (Å²) in [5, 5.41) is 0. The van der Waals surface area contributed by atoms with E-state index < -0.39 is 36.7 Å². The van der Waals surface area contributed by atoms with Crippen molar-refractivity contribution >= 4 is 5.97 Å². The maximum Gasteiger partial charge on any atom is 0.453 e. The predicted molar refractivity (Wildman–Crippen MR) is 50.1 cm³/mol. The van der Waals surface area contributed by atoms with E-state index in [2.05, 4.69) is 16.1 Å². The standard InChI is InChI=1S/C10H11F5O3/c1-5(2)8(16)17-4-7-6(18-7)3-9(11,12)10(13,14)15/h6-7H,1,3-4H2,2H3. The summed E-state index contributed by atoms with van der Waals surface area (Å²) in [6, 6.07) is 0. The molecule has 1 aliphatic rings. The van der Waals surface area contributed by atoms with Gasteiger partial charge in [0.25, 0.3) is 0 Å². The molecule has 0 aromatic rings. The van der Waals surface area contributed by atoms with Crippen molar-refractivity contribution in [2.75, 3.05) is 6.61 Å². The molecule has 1 aliphatic heterocycles. The molecule has 8 heteroatoms. The predicted octanol–water partition coefficient (Wildman–Crippen LogP) is 2.46. The van der Waals surface area contributed by atoms with E-state index in [1.54, 1.807) is 0 Å². The Labute approximate surface area is 99.5 Å². The van der Waals surface area contributed by atoms with Gasteiger partial charge in [-0.05, 0) is 6.92 Å². The summed E-state index contributed by atoms with van der Waals surface area (Å²) in [5.41, 5.74) is 0.104. The Morgan fingerprint density at radius 2 is 1.83 bits per heavy atom. The quantitative estimate of drug-likeness (QED) is 0.334. The molecule has 18 heavy (non-hydrogen) atoms.